The van der Waals surface area contributed by atoms with Crippen LogP contribution in [-0.2, 0) is 11.4 Å². The Labute approximate surface area is 131 Å². The van der Waals surface area contributed by atoms with Gasteiger partial charge in [0.25, 0.3) is 0 Å². The van der Waals surface area contributed by atoms with E-state index in [-0.39, 0.29) is 4.75 Å². The third-order valence-electron chi connectivity index (χ3n) is 2.41. The molecule has 6 heteroatoms. The molecule has 0 saturated carbocycles. The third kappa shape index (κ3) is 4.06. The predicted octanol–water partition coefficient (Wildman–Crippen LogP) is 4.34. The zero-order valence-electron chi connectivity index (χ0n) is 11.5. The number of thiophene rings is 1. The van der Waals surface area contributed by atoms with Crippen molar-refractivity contribution in [3.63, 3.8) is 0 Å². The zero-order chi connectivity index (χ0) is 14.8. The molecule has 0 N–H and O–H groups in total. The van der Waals surface area contributed by atoms with Gasteiger partial charge in [-0.05, 0) is 44.4 Å². The summed E-state index contributed by atoms with van der Waals surface area (Å²) in [5, 5.41) is 2.39. The quantitative estimate of drug-likeness (QED) is 0.478. The van der Waals surface area contributed by atoms with Crippen LogP contribution in [0.4, 0.5) is 0 Å². The smallest absolute Gasteiger partial charge is 0.144 e. The van der Waals surface area contributed by atoms with Crippen LogP contribution in [0.2, 0.25) is 5.15 Å². The first-order valence-electron chi connectivity index (χ1n) is 6.04. The van der Waals surface area contributed by atoms with Crippen LogP contribution in [0, 0.1) is 0 Å². The molecule has 0 saturated heterocycles. The molecular weight excluding hydrogens is 312 g/mol. The molecule has 2 aromatic heterocycles. The van der Waals surface area contributed by atoms with Crippen LogP contribution in [0.1, 0.15) is 26.3 Å². The highest BCUT2D eigenvalue weighted by molar-refractivity contribution is 7.91. The molecule has 0 bridgehead atoms. The van der Waals surface area contributed by atoms with Crippen molar-refractivity contribution in [2.75, 3.05) is 0 Å². The summed E-state index contributed by atoms with van der Waals surface area (Å²) in [6.07, 6.45) is 1.59. The highest BCUT2D eigenvalue weighted by Crippen LogP contribution is 2.25. The molecule has 0 radical (unpaired) electrons. The maximum Gasteiger partial charge on any atom is 0.144 e. The van der Waals surface area contributed by atoms with Crippen molar-refractivity contribution in [1.82, 2.24) is 4.98 Å². The molecule has 2 heterocycles. The van der Waals surface area contributed by atoms with E-state index in [0.29, 0.717) is 5.15 Å². The van der Waals surface area contributed by atoms with Crippen LogP contribution in [0.25, 0.3) is 10.6 Å². The fourth-order valence-electron chi connectivity index (χ4n) is 1.41. The Morgan fingerprint density at radius 1 is 1.40 bits per heavy atom. The lowest BCUT2D eigenvalue weighted by Crippen LogP contribution is -2.25. The Morgan fingerprint density at radius 2 is 2.15 bits per heavy atom. The molecule has 0 fully saturated rings. The van der Waals surface area contributed by atoms with Crippen molar-refractivity contribution < 1.29 is 4.55 Å². The summed E-state index contributed by atoms with van der Waals surface area (Å²) in [5.74, 6) is 0. The van der Waals surface area contributed by atoms with Gasteiger partial charge in [-0.2, -0.15) is 0 Å². The fourth-order valence-corrected chi connectivity index (χ4v) is 2.85. The van der Waals surface area contributed by atoms with E-state index in [9.17, 15) is 4.55 Å². The molecule has 0 spiro atoms. The Bertz CT molecular complexity index is 606. The number of hydrogen-bond acceptors (Lipinski definition) is 4. The number of halogens is 1. The minimum absolute atomic E-state index is 0.371. The summed E-state index contributed by atoms with van der Waals surface area (Å²) >= 11 is 6.35. The molecule has 20 heavy (non-hydrogen) atoms. The van der Waals surface area contributed by atoms with Gasteiger partial charge in [0, 0.05) is 5.56 Å². The van der Waals surface area contributed by atoms with Crippen LogP contribution >= 0.6 is 22.9 Å². The number of aromatic nitrogens is 1. The van der Waals surface area contributed by atoms with E-state index < -0.39 is 11.4 Å². The highest BCUT2D eigenvalue weighted by atomic mass is 35.5. The number of nitrogens with zero attached hydrogens (tertiary/aromatic N) is 2. The highest BCUT2D eigenvalue weighted by Gasteiger charge is 2.25. The van der Waals surface area contributed by atoms with Crippen molar-refractivity contribution in [3.05, 3.63) is 40.4 Å². The maximum atomic E-state index is 11.9. The van der Waals surface area contributed by atoms with Crippen LogP contribution in [0.15, 0.2) is 34.0 Å². The Hall–Kier alpha value is -0.880. The molecular formula is C14H15ClN2OS2. The fraction of sp³-hybridized carbons (Fsp3) is 0.286. The molecule has 3 nitrogen and oxygen atoms in total. The average Bonchev–Trinajstić information content (AvgIpc) is 2.88. The summed E-state index contributed by atoms with van der Waals surface area (Å²) in [4.78, 5) is 5.33. The van der Waals surface area contributed by atoms with Gasteiger partial charge in [0.15, 0.2) is 0 Å². The zero-order valence-corrected chi connectivity index (χ0v) is 13.9. The lowest BCUT2D eigenvalue weighted by Gasteiger charge is -2.17. The summed E-state index contributed by atoms with van der Waals surface area (Å²) < 4.78 is 15.6. The van der Waals surface area contributed by atoms with Gasteiger partial charge in [-0.15, -0.1) is 11.3 Å². The van der Waals surface area contributed by atoms with E-state index in [1.54, 1.807) is 23.6 Å². The van der Waals surface area contributed by atoms with E-state index in [2.05, 4.69) is 9.38 Å². The van der Waals surface area contributed by atoms with E-state index in [4.69, 9.17) is 11.6 Å². The van der Waals surface area contributed by atoms with Crippen molar-refractivity contribution >= 4 is 40.5 Å². The molecule has 2 aromatic rings. The Kier molecular flexibility index (Phi) is 4.86. The van der Waals surface area contributed by atoms with Gasteiger partial charge in [0.2, 0.25) is 0 Å². The second-order valence-electron chi connectivity index (χ2n) is 5.18. The van der Waals surface area contributed by atoms with Crippen LogP contribution in [-0.4, -0.2) is 20.5 Å². The minimum atomic E-state index is -1.28. The molecule has 2 rings (SSSR count). The molecule has 0 aliphatic carbocycles. The molecule has 0 aromatic carbocycles. The van der Waals surface area contributed by atoms with Crippen molar-refractivity contribution in [2.45, 2.75) is 25.5 Å². The Morgan fingerprint density at radius 3 is 2.75 bits per heavy atom. The first-order chi connectivity index (χ1) is 9.36. The first-order valence-corrected chi connectivity index (χ1v) is 8.40. The largest absolute Gasteiger partial charge is 0.591 e. The monoisotopic (exact) mass is 326 g/mol. The SMILES string of the molecule is CC(C)(C)[S+]([O-])/N=C/c1cc(Cl)nc(-c2cccs2)c1. The normalized spacial score (nSPS) is 13.8. The van der Waals surface area contributed by atoms with Crippen molar-refractivity contribution in [2.24, 2.45) is 4.40 Å². The molecule has 0 aliphatic rings. The Balaban J connectivity index is 2.27. The van der Waals surface area contributed by atoms with Crippen LogP contribution in [0.5, 0.6) is 0 Å². The van der Waals surface area contributed by atoms with Gasteiger partial charge in [-0.3, -0.25) is 0 Å². The van der Waals surface area contributed by atoms with E-state index in [0.717, 1.165) is 16.1 Å². The van der Waals surface area contributed by atoms with Crippen LogP contribution in [0.3, 0.4) is 0 Å². The van der Waals surface area contributed by atoms with Gasteiger partial charge in [0.05, 0.1) is 16.8 Å². The predicted molar refractivity (Wildman–Crippen MR) is 88.0 cm³/mol. The van der Waals surface area contributed by atoms with Crippen LogP contribution < -0.4 is 0 Å². The number of hydrogen-bond donors (Lipinski definition) is 0. The molecule has 106 valence electrons. The van der Waals surface area contributed by atoms with Gasteiger partial charge in [0.1, 0.15) is 21.3 Å². The average molecular weight is 327 g/mol. The lowest BCUT2D eigenvalue weighted by molar-refractivity contribution is 0.562. The van der Waals surface area contributed by atoms with Crippen molar-refractivity contribution in [1.29, 1.82) is 0 Å². The topological polar surface area (TPSA) is 48.3 Å². The molecule has 0 amide bonds. The lowest BCUT2D eigenvalue weighted by atomic mass is 10.2. The van der Waals surface area contributed by atoms with E-state index in [1.807, 2.05) is 44.4 Å². The molecule has 1 unspecified atom stereocenters. The van der Waals surface area contributed by atoms with E-state index in [1.165, 1.54) is 0 Å². The third-order valence-corrected chi connectivity index (χ3v) is 4.84. The molecule has 0 aliphatic heterocycles. The molecule has 1 atom stereocenters. The van der Waals surface area contributed by atoms with Gasteiger partial charge in [-0.25, -0.2) is 4.98 Å². The van der Waals surface area contributed by atoms with E-state index >= 15 is 0 Å². The van der Waals surface area contributed by atoms with Gasteiger partial charge in [-0.1, -0.05) is 22.1 Å². The minimum Gasteiger partial charge on any atom is -0.591 e. The first kappa shape index (κ1) is 15.5. The standard InChI is InChI=1S/C14H15ClN2OS2/c1-14(2,3)20(18)16-9-10-7-11(17-13(15)8-10)12-5-4-6-19-12/h4-9H,1-3H3/b16-9+. The van der Waals surface area contributed by atoms with Gasteiger partial charge < -0.3 is 4.55 Å². The summed E-state index contributed by atoms with van der Waals surface area (Å²) in [6.45, 7) is 5.66. The summed E-state index contributed by atoms with van der Waals surface area (Å²) in [7, 11) is 0. The summed E-state index contributed by atoms with van der Waals surface area (Å²) in [6, 6.07) is 7.55. The maximum absolute atomic E-state index is 11.9. The number of rotatable bonds is 3. The number of pyridine rings is 1. The van der Waals surface area contributed by atoms with Crippen molar-refractivity contribution in [3.8, 4) is 10.6 Å². The second-order valence-corrected chi connectivity index (χ2v) is 8.45. The second kappa shape index (κ2) is 6.26. The summed E-state index contributed by atoms with van der Waals surface area (Å²) in [5.41, 5.74) is 1.60. The van der Waals surface area contributed by atoms with Gasteiger partial charge >= 0.3 is 0 Å².